The molecular formula is C25H25FN4OS. The van der Waals surface area contributed by atoms with Gasteiger partial charge in [-0.25, -0.2) is 9.37 Å². The van der Waals surface area contributed by atoms with Gasteiger partial charge in [0.25, 0.3) is 0 Å². The minimum absolute atomic E-state index is 0.189. The Morgan fingerprint density at radius 1 is 1.06 bits per heavy atom. The zero-order chi connectivity index (χ0) is 22.1. The van der Waals surface area contributed by atoms with E-state index in [-0.39, 0.29) is 11.7 Å². The molecule has 1 aliphatic rings. The molecule has 0 unspecified atom stereocenters. The van der Waals surface area contributed by atoms with Crippen molar-refractivity contribution in [3.8, 4) is 11.3 Å². The Balaban J connectivity index is 1.16. The van der Waals surface area contributed by atoms with Crippen LogP contribution in [-0.4, -0.2) is 51.4 Å². The van der Waals surface area contributed by atoms with Gasteiger partial charge >= 0.3 is 0 Å². The van der Waals surface area contributed by atoms with Crippen molar-refractivity contribution in [1.29, 1.82) is 0 Å². The molecule has 1 aliphatic heterocycles. The van der Waals surface area contributed by atoms with Crippen LogP contribution in [0, 0.1) is 5.82 Å². The van der Waals surface area contributed by atoms with Gasteiger partial charge in [-0.1, -0.05) is 18.2 Å². The van der Waals surface area contributed by atoms with Gasteiger partial charge in [0.05, 0.1) is 18.7 Å². The number of benzene rings is 2. The van der Waals surface area contributed by atoms with Crippen LogP contribution in [0.25, 0.3) is 22.2 Å². The maximum Gasteiger partial charge on any atom is 0.227 e. The number of hydrogen-bond donors (Lipinski definition) is 0. The van der Waals surface area contributed by atoms with Crippen molar-refractivity contribution in [2.24, 2.45) is 7.05 Å². The van der Waals surface area contributed by atoms with Crippen molar-refractivity contribution in [2.45, 2.75) is 13.0 Å². The minimum atomic E-state index is -0.239. The van der Waals surface area contributed by atoms with E-state index in [0.717, 1.165) is 65.5 Å². The Morgan fingerprint density at radius 2 is 1.81 bits per heavy atom. The first-order valence-electron chi connectivity index (χ1n) is 10.8. The molecule has 3 heterocycles. The van der Waals surface area contributed by atoms with Crippen LogP contribution in [0.4, 0.5) is 4.39 Å². The molecule has 7 heteroatoms. The third-order valence-corrected chi connectivity index (χ3v) is 6.93. The Kier molecular flexibility index (Phi) is 5.76. The standard InChI is InChI=1S/C25H25FN4OS/c1-28-15-19(21-4-2-3-5-23(21)28)14-25(31)30-12-10-29(11-13-30)16-24-27-22(17-32-24)18-6-8-20(26)9-7-18/h2-9,15,17H,10-14,16H2,1H3. The highest BCUT2D eigenvalue weighted by Crippen LogP contribution is 2.24. The molecule has 2 aromatic heterocycles. The summed E-state index contributed by atoms with van der Waals surface area (Å²) in [5.74, 6) is -0.0501. The Morgan fingerprint density at radius 3 is 2.59 bits per heavy atom. The molecule has 0 atom stereocenters. The average Bonchev–Trinajstić information content (AvgIpc) is 3.40. The number of para-hydroxylation sites is 1. The van der Waals surface area contributed by atoms with Crippen LogP contribution < -0.4 is 0 Å². The monoisotopic (exact) mass is 448 g/mol. The smallest absolute Gasteiger partial charge is 0.227 e. The van der Waals surface area contributed by atoms with Gasteiger partial charge < -0.3 is 9.47 Å². The zero-order valence-electron chi connectivity index (χ0n) is 18.0. The molecule has 1 saturated heterocycles. The lowest BCUT2D eigenvalue weighted by Gasteiger charge is -2.34. The van der Waals surface area contributed by atoms with Crippen molar-refractivity contribution in [3.63, 3.8) is 0 Å². The molecular weight excluding hydrogens is 423 g/mol. The molecule has 1 amide bonds. The second-order valence-corrected chi connectivity index (χ2v) is 9.19. The van der Waals surface area contributed by atoms with Crippen LogP contribution in [0.15, 0.2) is 60.1 Å². The average molecular weight is 449 g/mol. The number of carbonyl (C=O) groups is 1. The van der Waals surface area contributed by atoms with E-state index >= 15 is 0 Å². The fourth-order valence-electron chi connectivity index (χ4n) is 4.32. The number of thiazole rings is 1. The van der Waals surface area contributed by atoms with Crippen LogP contribution in [0.1, 0.15) is 10.6 Å². The largest absolute Gasteiger partial charge is 0.350 e. The van der Waals surface area contributed by atoms with E-state index in [1.54, 1.807) is 23.5 Å². The highest BCUT2D eigenvalue weighted by molar-refractivity contribution is 7.09. The second-order valence-electron chi connectivity index (χ2n) is 8.25. The number of nitrogens with zero attached hydrogens (tertiary/aromatic N) is 4. The van der Waals surface area contributed by atoms with Gasteiger partial charge in [0.1, 0.15) is 10.8 Å². The lowest BCUT2D eigenvalue weighted by atomic mass is 10.1. The summed E-state index contributed by atoms with van der Waals surface area (Å²) < 4.78 is 15.2. The number of halogens is 1. The summed E-state index contributed by atoms with van der Waals surface area (Å²) in [6.45, 7) is 3.93. The number of aryl methyl sites for hydroxylation is 1. The number of fused-ring (bicyclic) bond motifs is 1. The van der Waals surface area contributed by atoms with E-state index in [1.807, 2.05) is 29.5 Å². The summed E-state index contributed by atoms with van der Waals surface area (Å²) in [6, 6.07) is 14.7. The molecule has 0 radical (unpaired) electrons. The summed E-state index contributed by atoms with van der Waals surface area (Å²) in [4.78, 5) is 22.0. The lowest BCUT2D eigenvalue weighted by Crippen LogP contribution is -2.48. The van der Waals surface area contributed by atoms with Crippen LogP contribution in [-0.2, 0) is 24.8 Å². The van der Waals surface area contributed by atoms with E-state index in [1.165, 1.54) is 12.1 Å². The summed E-state index contributed by atoms with van der Waals surface area (Å²) in [5.41, 5.74) is 4.06. The van der Waals surface area contributed by atoms with E-state index < -0.39 is 0 Å². The van der Waals surface area contributed by atoms with Gasteiger partial charge in [-0.05, 0) is 35.9 Å². The number of amides is 1. The summed E-state index contributed by atoms with van der Waals surface area (Å²) in [6.07, 6.45) is 2.51. The van der Waals surface area contributed by atoms with Gasteiger partial charge in [0.2, 0.25) is 5.91 Å². The zero-order valence-corrected chi connectivity index (χ0v) is 18.8. The molecule has 0 saturated carbocycles. The molecule has 2 aromatic carbocycles. The lowest BCUT2D eigenvalue weighted by molar-refractivity contribution is -0.132. The normalized spacial score (nSPS) is 14.9. The molecule has 32 heavy (non-hydrogen) atoms. The summed E-state index contributed by atoms with van der Waals surface area (Å²) in [7, 11) is 2.02. The topological polar surface area (TPSA) is 41.4 Å². The van der Waals surface area contributed by atoms with Gasteiger partial charge in [-0.15, -0.1) is 11.3 Å². The fraction of sp³-hybridized carbons (Fsp3) is 0.280. The minimum Gasteiger partial charge on any atom is -0.350 e. The third kappa shape index (κ3) is 4.31. The van der Waals surface area contributed by atoms with Crippen LogP contribution in [0.2, 0.25) is 0 Å². The van der Waals surface area contributed by atoms with Gasteiger partial charge in [-0.3, -0.25) is 9.69 Å². The SMILES string of the molecule is Cn1cc(CC(=O)N2CCN(Cc3nc(-c4ccc(F)cc4)cs3)CC2)c2ccccc21. The van der Waals surface area contributed by atoms with E-state index in [9.17, 15) is 9.18 Å². The fourth-order valence-corrected chi connectivity index (χ4v) is 5.17. The Hall–Kier alpha value is -3.03. The first kappa shape index (κ1) is 20.8. The Labute approximate surface area is 190 Å². The maximum atomic E-state index is 13.1. The van der Waals surface area contributed by atoms with E-state index in [0.29, 0.717) is 6.42 Å². The molecule has 5 rings (SSSR count). The molecule has 1 fully saturated rings. The van der Waals surface area contributed by atoms with Crippen LogP contribution in [0.3, 0.4) is 0 Å². The molecule has 0 spiro atoms. The number of aromatic nitrogens is 2. The highest BCUT2D eigenvalue weighted by Gasteiger charge is 2.23. The maximum absolute atomic E-state index is 13.1. The van der Waals surface area contributed by atoms with Gasteiger partial charge in [-0.2, -0.15) is 0 Å². The number of piperazine rings is 1. The summed E-state index contributed by atoms with van der Waals surface area (Å²) >= 11 is 1.63. The molecule has 5 nitrogen and oxygen atoms in total. The third-order valence-electron chi connectivity index (χ3n) is 6.10. The Bertz CT molecular complexity index is 1240. The van der Waals surface area contributed by atoms with Crippen molar-refractivity contribution in [3.05, 3.63) is 76.5 Å². The van der Waals surface area contributed by atoms with Crippen molar-refractivity contribution < 1.29 is 9.18 Å². The predicted octanol–water partition coefficient (Wildman–Crippen LogP) is 4.33. The molecule has 164 valence electrons. The molecule has 4 aromatic rings. The number of carbonyl (C=O) groups excluding carboxylic acids is 1. The number of rotatable bonds is 5. The second kappa shape index (κ2) is 8.84. The van der Waals surface area contributed by atoms with Gasteiger partial charge in [0, 0.05) is 61.3 Å². The summed E-state index contributed by atoms with van der Waals surface area (Å²) in [5, 5.41) is 4.22. The predicted molar refractivity (Wildman–Crippen MR) is 126 cm³/mol. The first-order chi connectivity index (χ1) is 15.6. The van der Waals surface area contributed by atoms with Gasteiger partial charge in [0.15, 0.2) is 0 Å². The van der Waals surface area contributed by atoms with Crippen LogP contribution in [0.5, 0.6) is 0 Å². The highest BCUT2D eigenvalue weighted by atomic mass is 32.1. The molecule has 0 aliphatic carbocycles. The van der Waals surface area contributed by atoms with E-state index in [2.05, 4.69) is 27.8 Å². The van der Waals surface area contributed by atoms with Crippen molar-refractivity contribution in [1.82, 2.24) is 19.4 Å². The van der Waals surface area contributed by atoms with Crippen LogP contribution >= 0.6 is 11.3 Å². The first-order valence-corrected chi connectivity index (χ1v) is 11.7. The van der Waals surface area contributed by atoms with E-state index in [4.69, 9.17) is 4.98 Å². The van der Waals surface area contributed by atoms with Crippen molar-refractivity contribution >= 4 is 28.1 Å². The quantitative estimate of drug-likeness (QED) is 0.456. The number of hydrogen-bond acceptors (Lipinski definition) is 4. The molecule has 0 N–H and O–H groups in total. The van der Waals surface area contributed by atoms with Crippen molar-refractivity contribution in [2.75, 3.05) is 26.2 Å². The molecule has 0 bridgehead atoms.